The van der Waals surface area contributed by atoms with Crippen molar-refractivity contribution in [2.24, 2.45) is 11.8 Å². The minimum Gasteiger partial charge on any atom is -0.207 e. The van der Waals surface area contributed by atoms with Crippen molar-refractivity contribution in [2.45, 2.75) is 86.4 Å². The molecule has 0 aliphatic heterocycles. The predicted molar refractivity (Wildman–Crippen MR) is 134 cm³/mol. The third kappa shape index (κ3) is 7.72. The summed E-state index contributed by atoms with van der Waals surface area (Å²) in [5.41, 5.74) is -3.72. The van der Waals surface area contributed by atoms with Gasteiger partial charge in [-0.3, -0.25) is 0 Å². The van der Waals surface area contributed by atoms with Gasteiger partial charge in [0.15, 0.2) is 0 Å². The van der Waals surface area contributed by atoms with Crippen molar-refractivity contribution in [3.05, 3.63) is 58.2 Å². The van der Waals surface area contributed by atoms with Gasteiger partial charge in [-0.25, -0.2) is 8.78 Å². The summed E-state index contributed by atoms with van der Waals surface area (Å²) in [5.74, 6) is 8.11. The van der Waals surface area contributed by atoms with Gasteiger partial charge in [0.25, 0.3) is 0 Å². The van der Waals surface area contributed by atoms with Crippen molar-refractivity contribution in [1.29, 1.82) is 0 Å². The van der Waals surface area contributed by atoms with Crippen molar-refractivity contribution in [3.8, 4) is 23.7 Å². The Hall–Kier alpha value is -2.65. The van der Waals surface area contributed by atoms with Gasteiger partial charge in [-0.2, -0.15) is 26.3 Å². The number of benzene rings is 2. The number of alkyl halides is 6. The molecule has 208 valence electrons. The van der Waals surface area contributed by atoms with E-state index in [1.807, 2.05) is 0 Å². The van der Waals surface area contributed by atoms with E-state index in [9.17, 15) is 35.1 Å². The quantitative estimate of drug-likeness (QED) is 0.256. The molecule has 0 spiro atoms. The fraction of sp³-hybridized carbons (Fsp3) is 0.467. The van der Waals surface area contributed by atoms with Crippen molar-refractivity contribution in [3.63, 3.8) is 0 Å². The second kappa shape index (κ2) is 12.3. The van der Waals surface area contributed by atoms with E-state index >= 15 is 0 Å². The number of hydrogen-bond acceptors (Lipinski definition) is 1. The molecule has 0 N–H and O–H groups in total. The van der Waals surface area contributed by atoms with Gasteiger partial charge in [0.1, 0.15) is 11.6 Å². The first-order chi connectivity index (χ1) is 18.4. The SMILES string of the molecule is Fc1cc(Sc2cc(F)cc(C(F)(F)F)c2C#CC2CCCCC2)c(C#CC2CCCCC2)c(C(F)(F)F)c1. The van der Waals surface area contributed by atoms with Crippen LogP contribution in [0.2, 0.25) is 0 Å². The maximum Gasteiger partial charge on any atom is 0.417 e. The predicted octanol–water partition coefficient (Wildman–Crippen LogP) is 10.0. The summed E-state index contributed by atoms with van der Waals surface area (Å²) in [6, 6.07) is 2.24. The molecule has 2 aliphatic rings. The van der Waals surface area contributed by atoms with E-state index in [-0.39, 0.29) is 21.6 Å². The Bertz CT molecular complexity index is 1200. The van der Waals surface area contributed by atoms with E-state index in [4.69, 9.17) is 0 Å². The monoisotopic (exact) mass is 570 g/mol. The highest BCUT2D eigenvalue weighted by molar-refractivity contribution is 7.99. The average molecular weight is 571 g/mol. The lowest BCUT2D eigenvalue weighted by Crippen LogP contribution is -2.11. The lowest BCUT2D eigenvalue weighted by molar-refractivity contribution is -0.138. The molecule has 2 aromatic rings. The Labute approximate surface area is 226 Å². The molecule has 2 aromatic carbocycles. The molecule has 4 rings (SSSR count). The molecule has 2 aliphatic carbocycles. The zero-order valence-electron chi connectivity index (χ0n) is 21.0. The summed E-state index contributed by atoms with van der Waals surface area (Å²) >= 11 is 0.418. The summed E-state index contributed by atoms with van der Waals surface area (Å²) in [5, 5.41) is 0. The zero-order valence-corrected chi connectivity index (χ0v) is 21.8. The first-order valence-electron chi connectivity index (χ1n) is 12.9. The summed E-state index contributed by atoms with van der Waals surface area (Å²) in [7, 11) is 0. The van der Waals surface area contributed by atoms with Crippen LogP contribution in [-0.4, -0.2) is 0 Å². The van der Waals surface area contributed by atoms with Gasteiger partial charge in [0.05, 0.1) is 22.3 Å². The van der Waals surface area contributed by atoms with Crippen LogP contribution in [0.3, 0.4) is 0 Å². The molecule has 0 amide bonds. The Morgan fingerprint density at radius 3 is 1.26 bits per heavy atom. The molecule has 0 aromatic heterocycles. The molecule has 39 heavy (non-hydrogen) atoms. The van der Waals surface area contributed by atoms with Crippen LogP contribution in [0.15, 0.2) is 34.1 Å². The van der Waals surface area contributed by atoms with E-state index in [2.05, 4.69) is 23.7 Å². The third-order valence-electron chi connectivity index (χ3n) is 6.98. The largest absolute Gasteiger partial charge is 0.417 e. The molecule has 2 fully saturated rings. The molecular weight excluding hydrogens is 544 g/mol. The van der Waals surface area contributed by atoms with Crippen molar-refractivity contribution in [2.75, 3.05) is 0 Å². The fourth-order valence-electron chi connectivity index (χ4n) is 4.99. The molecule has 2 saturated carbocycles. The van der Waals surface area contributed by atoms with Crippen molar-refractivity contribution >= 4 is 11.8 Å². The van der Waals surface area contributed by atoms with Crippen molar-refractivity contribution in [1.82, 2.24) is 0 Å². The van der Waals surface area contributed by atoms with Gasteiger partial charge in [-0.15, -0.1) is 0 Å². The molecule has 9 heteroatoms. The van der Waals surface area contributed by atoms with Gasteiger partial charge >= 0.3 is 12.4 Å². The minimum atomic E-state index is -4.96. The van der Waals surface area contributed by atoms with Crippen LogP contribution in [-0.2, 0) is 12.4 Å². The molecule has 0 bridgehead atoms. The van der Waals surface area contributed by atoms with E-state index in [0.717, 1.165) is 76.3 Å². The van der Waals surface area contributed by atoms with Crippen molar-refractivity contribution < 1.29 is 35.1 Å². The van der Waals surface area contributed by atoms with Crippen LogP contribution in [0.25, 0.3) is 0 Å². The molecule has 0 unspecified atom stereocenters. The Morgan fingerprint density at radius 1 is 0.564 bits per heavy atom. The average Bonchev–Trinajstić information content (AvgIpc) is 2.87. The minimum absolute atomic E-state index is 0.134. The smallest absolute Gasteiger partial charge is 0.207 e. The molecule has 0 saturated heterocycles. The lowest BCUT2D eigenvalue weighted by Gasteiger charge is -2.18. The zero-order chi connectivity index (χ0) is 28.2. The van der Waals surface area contributed by atoms with Crippen LogP contribution in [0, 0.1) is 47.2 Å². The Balaban J connectivity index is 1.85. The summed E-state index contributed by atoms with van der Waals surface area (Å²) in [6.07, 6.45) is -1.46. The van der Waals surface area contributed by atoms with Gasteiger partial charge in [0, 0.05) is 21.6 Å². The maximum absolute atomic E-state index is 14.4. The molecule has 0 radical (unpaired) electrons. The van der Waals surface area contributed by atoms with E-state index in [1.165, 1.54) is 0 Å². The lowest BCUT2D eigenvalue weighted by atomic mass is 9.89. The Morgan fingerprint density at radius 2 is 0.923 bits per heavy atom. The second-order valence-electron chi connectivity index (χ2n) is 9.96. The van der Waals surface area contributed by atoms with Crippen LogP contribution in [0.1, 0.15) is 86.5 Å². The molecular formula is C30H26F8S. The van der Waals surface area contributed by atoms with Crippen LogP contribution in [0.4, 0.5) is 35.1 Å². The Kier molecular flexibility index (Phi) is 9.21. The van der Waals surface area contributed by atoms with Crippen LogP contribution in [0.5, 0.6) is 0 Å². The van der Waals surface area contributed by atoms with Gasteiger partial charge in [-0.1, -0.05) is 74.0 Å². The van der Waals surface area contributed by atoms with Crippen LogP contribution < -0.4 is 0 Å². The number of hydrogen-bond donors (Lipinski definition) is 0. The maximum atomic E-state index is 14.4. The third-order valence-corrected chi connectivity index (χ3v) is 8.06. The summed E-state index contributed by atoms with van der Waals surface area (Å²) in [4.78, 5) is -0.685. The van der Waals surface area contributed by atoms with Gasteiger partial charge < -0.3 is 0 Å². The topological polar surface area (TPSA) is 0 Å². The second-order valence-corrected chi connectivity index (χ2v) is 11.0. The van der Waals surface area contributed by atoms with Crippen LogP contribution >= 0.6 is 11.8 Å². The first kappa shape index (κ1) is 29.3. The fourth-order valence-corrected chi connectivity index (χ4v) is 6.10. The highest BCUT2D eigenvalue weighted by Crippen LogP contribution is 2.43. The number of rotatable bonds is 2. The van der Waals surface area contributed by atoms with E-state index in [1.54, 1.807) is 0 Å². The highest BCUT2D eigenvalue weighted by atomic mass is 32.2. The molecule has 0 nitrogen and oxygen atoms in total. The molecule has 0 atom stereocenters. The number of halogens is 8. The molecule has 0 heterocycles. The van der Waals surface area contributed by atoms with Gasteiger partial charge in [0.2, 0.25) is 0 Å². The summed E-state index contributed by atoms with van der Waals surface area (Å²) < 4.78 is 112. The first-order valence-corrected chi connectivity index (χ1v) is 13.8. The van der Waals surface area contributed by atoms with E-state index in [0.29, 0.717) is 23.9 Å². The van der Waals surface area contributed by atoms with Gasteiger partial charge in [-0.05, 0) is 49.9 Å². The summed E-state index contributed by atoms with van der Waals surface area (Å²) in [6.45, 7) is 0. The normalized spacial score (nSPS) is 17.2. The van der Waals surface area contributed by atoms with E-state index < -0.39 is 46.2 Å². The standard InChI is InChI=1S/C30H26F8S/c31-21-15-25(29(33,34)35)23(13-11-19-7-3-1-4-8-19)27(17-21)39-28-18-22(32)16-26(30(36,37)38)24(28)14-12-20-9-5-2-6-10-20/h15-20H,1-10H2. The highest BCUT2D eigenvalue weighted by Gasteiger charge is 2.37.